The number of hydrogen-bond acceptors (Lipinski definition) is 2. The van der Waals surface area contributed by atoms with Crippen LogP contribution in [0.4, 0.5) is 0 Å². The predicted octanol–water partition coefficient (Wildman–Crippen LogP) is 4.48. The van der Waals surface area contributed by atoms with Crippen LogP contribution in [0.1, 0.15) is 23.5 Å². The van der Waals surface area contributed by atoms with Crippen molar-refractivity contribution < 1.29 is 0 Å². The van der Waals surface area contributed by atoms with Crippen molar-refractivity contribution >= 4 is 11.8 Å². The van der Waals surface area contributed by atoms with Gasteiger partial charge in [0.25, 0.3) is 0 Å². The minimum absolute atomic E-state index is 0.599. The first-order valence-corrected chi connectivity index (χ1v) is 8.68. The maximum Gasteiger partial charge on any atom is 0.0193 e. The first-order valence-electron chi connectivity index (χ1n) is 7.69. The molecule has 0 saturated heterocycles. The lowest BCUT2D eigenvalue weighted by atomic mass is 10.1. The van der Waals surface area contributed by atoms with E-state index in [0.29, 0.717) is 6.04 Å². The second-order valence-corrected chi connectivity index (χ2v) is 7.03. The molecule has 110 valence electrons. The lowest BCUT2D eigenvalue weighted by Crippen LogP contribution is -2.30. The standard InChI is InChI=1S/C19H23NS/c1-14-8-10-16(11-9-14)21-13-19(20-2)18-12-17(18)15-6-4-3-5-7-15/h3-11,17-20H,12-13H2,1-2H3. The summed E-state index contributed by atoms with van der Waals surface area (Å²) < 4.78 is 0. The summed E-state index contributed by atoms with van der Waals surface area (Å²) in [6.07, 6.45) is 1.32. The maximum absolute atomic E-state index is 3.52. The second-order valence-electron chi connectivity index (χ2n) is 5.94. The molecule has 0 aromatic heterocycles. The first kappa shape index (κ1) is 14.7. The van der Waals surface area contributed by atoms with E-state index < -0.39 is 0 Å². The summed E-state index contributed by atoms with van der Waals surface area (Å²) >= 11 is 1.96. The van der Waals surface area contributed by atoms with Gasteiger partial charge in [0.1, 0.15) is 0 Å². The molecule has 3 rings (SSSR count). The van der Waals surface area contributed by atoms with E-state index in [9.17, 15) is 0 Å². The van der Waals surface area contributed by atoms with Crippen molar-refractivity contribution in [3.05, 3.63) is 65.7 Å². The highest BCUT2D eigenvalue weighted by molar-refractivity contribution is 7.99. The molecule has 3 unspecified atom stereocenters. The lowest BCUT2D eigenvalue weighted by Gasteiger charge is -2.16. The van der Waals surface area contributed by atoms with Crippen LogP contribution in [0.25, 0.3) is 0 Å². The van der Waals surface area contributed by atoms with Crippen LogP contribution in [-0.4, -0.2) is 18.8 Å². The van der Waals surface area contributed by atoms with Crippen LogP contribution in [0.2, 0.25) is 0 Å². The van der Waals surface area contributed by atoms with Crippen LogP contribution >= 0.6 is 11.8 Å². The Kier molecular flexibility index (Phi) is 4.67. The average Bonchev–Trinajstić information content (AvgIpc) is 3.31. The third-order valence-corrected chi connectivity index (χ3v) is 5.54. The molecule has 1 saturated carbocycles. The van der Waals surface area contributed by atoms with Gasteiger partial charge in [-0.15, -0.1) is 11.8 Å². The van der Waals surface area contributed by atoms with E-state index in [1.807, 2.05) is 11.8 Å². The van der Waals surface area contributed by atoms with E-state index in [4.69, 9.17) is 0 Å². The highest BCUT2D eigenvalue weighted by Gasteiger charge is 2.42. The largest absolute Gasteiger partial charge is 0.316 e. The van der Waals surface area contributed by atoms with Gasteiger partial charge in [-0.1, -0.05) is 48.0 Å². The molecule has 1 aliphatic rings. The van der Waals surface area contributed by atoms with Gasteiger partial charge >= 0.3 is 0 Å². The summed E-state index contributed by atoms with van der Waals surface area (Å²) in [6, 6.07) is 20.4. The van der Waals surface area contributed by atoms with Crippen LogP contribution in [0.15, 0.2) is 59.5 Å². The number of thioether (sulfide) groups is 1. The van der Waals surface area contributed by atoms with Crippen LogP contribution in [0.3, 0.4) is 0 Å². The molecule has 0 bridgehead atoms. The molecule has 3 atom stereocenters. The smallest absolute Gasteiger partial charge is 0.0193 e. The number of aryl methyl sites for hydroxylation is 1. The van der Waals surface area contributed by atoms with Crippen LogP contribution in [-0.2, 0) is 0 Å². The average molecular weight is 297 g/mol. The van der Waals surface area contributed by atoms with Crippen molar-refractivity contribution in [1.29, 1.82) is 0 Å². The summed E-state index contributed by atoms with van der Waals surface area (Å²) in [5.74, 6) is 2.69. The molecule has 0 radical (unpaired) electrons. The molecule has 1 N–H and O–H groups in total. The van der Waals surface area contributed by atoms with Gasteiger partial charge in [-0.2, -0.15) is 0 Å². The van der Waals surface area contributed by atoms with Crippen molar-refractivity contribution in [1.82, 2.24) is 5.32 Å². The monoisotopic (exact) mass is 297 g/mol. The molecule has 0 heterocycles. The zero-order valence-electron chi connectivity index (χ0n) is 12.8. The summed E-state index contributed by atoms with van der Waals surface area (Å²) in [5, 5.41) is 3.52. The first-order chi connectivity index (χ1) is 10.3. The van der Waals surface area contributed by atoms with Crippen molar-refractivity contribution in [2.24, 2.45) is 5.92 Å². The zero-order chi connectivity index (χ0) is 14.7. The number of nitrogens with one attached hydrogen (secondary N) is 1. The maximum atomic E-state index is 3.52. The van der Waals surface area contributed by atoms with Crippen molar-refractivity contribution in [2.75, 3.05) is 12.8 Å². The van der Waals surface area contributed by atoms with Crippen LogP contribution in [0, 0.1) is 12.8 Å². The summed E-state index contributed by atoms with van der Waals surface area (Å²) in [5.41, 5.74) is 2.83. The van der Waals surface area contributed by atoms with E-state index in [1.165, 1.54) is 22.4 Å². The van der Waals surface area contributed by atoms with E-state index in [2.05, 4.69) is 73.9 Å². The second kappa shape index (κ2) is 6.67. The minimum atomic E-state index is 0.599. The quantitative estimate of drug-likeness (QED) is 0.789. The van der Waals surface area contributed by atoms with Gasteiger partial charge in [0.15, 0.2) is 0 Å². The van der Waals surface area contributed by atoms with Gasteiger partial charge in [0.05, 0.1) is 0 Å². The molecule has 21 heavy (non-hydrogen) atoms. The highest BCUT2D eigenvalue weighted by Crippen LogP contribution is 2.50. The van der Waals surface area contributed by atoms with Crippen molar-refractivity contribution in [3.8, 4) is 0 Å². The molecular formula is C19H23NS. The number of rotatable bonds is 6. The molecule has 2 aromatic rings. The van der Waals surface area contributed by atoms with Gasteiger partial charge in [-0.3, -0.25) is 0 Å². The SMILES string of the molecule is CNC(CSc1ccc(C)cc1)C1CC1c1ccccc1. The molecule has 1 aliphatic carbocycles. The van der Waals surface area contributed by atoms with Crippen molar-refractivity contribution in [2.45, 2.75) is 30.2 Å². The van der Waals surface area contributed by atoms with Crippen LogP contribution < -0.4 is 5.32 Å². The molecule has 0 spiro atoms. The summed E-state index contributed by atoms with van der Waals surface area (Å²) in [4.78, 5) is 1.37. The Hall–Kier alpha value is -1.25. The fourth-order valence-electron chi connectivity index (χ4n) is 2.98. The van der Waals surface area contributed by atoms with Gasteiger partial charge < -0.3 is 5.32 Å². The third kappa shape index (κ3) is 3.69. The van der Waals surface area contributed by atoms with Gasteiger partial charge in [-0.25, -0.2) is 0 Å². The minimum Gasteiger partial charge on any atom is -0.316 e. The highest BCUT2D eigenvalue weighted by atomic mass is 32.2. The Bertz CT molecular complexity index is 564. The van der Waals surface area contributed by atoms with Crippen LogP contribution in [0.5, 0.6) is 0 Å². The number of benzene rings is 2. The van der Waals surface area contributed by atoms with Gasteiger partial charge in [-0.05, 0) is 49.9 Å². The lowest BCUT2D eigenvalue weighted by molar-refractivity contribution is 0.542. The normalized spacial score (nSPS) is 22.0. The Morgan fingerprint density at radius 3 is 2.48 bits per heavy atom. The van der Waals surface area contributed by atoms with E-state index >= 15 is 0 Å². The van der Waals surface area contributed by atoms with Crippen molar-refractivity contribution in [3.63, 3.8) is 0 Å². The molecule has 0 amide bonds. The van der Waals surface area contributed by atoms with E-state index in [0.717, 1.165) is 17.6 Å². The zero-order valence-corrected chi connectivity index (χ0v) is 13.6. The Morgan fingerprint density at radius 2 is 1.81 bits per heavy atom. The summed E-state index contributed by atoms with van der Waals surface area (Å²) in [7, 11) is 2.10. The fourth-order valence-corrected chi connectivity index (χ4v) is 4.10. The molecule has 1 fully saturated rings. The summed E-state index contributed by atoms with van der Waals surface area (Å²) in [6.45, 7) is 2.14. The van der Waals surface area contributed by atoms with E-state index in [1.54, 1.807) is 0 Å². The molecule has 1 nitrogen and oxygen atoms in total. The molecule has 2 aromatic carbocycles. The van der Waals surface area contributed by atoms with Gasteiger partial charge in [0.2, 0.25) is 0 Å². The number of hydrogen-bond donors (Lipinski definition) is 1. The fraction of sp³-hybridized carbons (Fsp3) is 0.368. The molecule has 0 aliphatic heterocycles. The van der Waals surface area contributed by atoms with E-state index in [-0.39, 0.29) is 0 Å². The predicted molar refractivity (Wildman–Crippen MR) is 92.0 cm³/mol. The third-order valence-electron chi connectivity index (χ3n) is 4.41. The Labute approximate surface area is 132 Å². The topological polar surface area (TPSA) is 12.0 Å². The molecule has 2 heteroatoms. The Balaban J connectivity index is 1.56. The van der Waals surface area contributed by atoms with Gasteiger partial charge in [0, 0.05) is 16.7 Å². The Morgan fingerprint density at radius 1 is 1.10 bits per heavy atom. The molecular weight excluding hydrogens is 274 g/mol.